The van der Waals surface area contributed by atoms with Crippen molar-refractivity contribution in [3.8, 4) is 0 Å². The molecule has 0 aliphatic rings. The minimum atomic E-state index is -0.102. The van der Waals surface area contributed by atoms with Crippen molar-refractivity contribution >= 4 is 0 Å². The summed E-state index contributed by atoms with van der Waals surface area (Å²) in [4.78, 5) is 12.3. The zero-order valence-corrected chi connectivity index (χ0v) is 12.9. The molecule has 0 atom stereocenters. The molecule has 2 nitrogen and oxygen atoms in total. The van der Waals surface area contributed by atoms with E-state index in [2.05, 4.69) is 62.4 Å². The van der Waals surface area contributed by atoms with Crippen LogP contribution in [0.5, 0.6) is 0 Å². The van der Waals surface area contributed by atoms with Gasteiger partial charge >= 0.3 is 0 Å². The lowest BCUT2D eigenvalue weighted by atomic mass is 9.96. The van der Waals surface area contributed by atoms with Crippen LogP contribution in [0.3, 0.4) is 0 Å². The molecular formula is C20H19NO. The van der Waals surface area contributed by atoms with Crippen LogP contribution in [0.25, 0.3) is 0 Å². The summed E-state index contributed by atoms with van der Waals surface area (Å²) in [5.41, 5.74) is 4.66. The second-order valence-electron chi connectivity index (χ2n) is 5.67. The van der Waals surface area contributed by atoms with Crippen LogP contribution in [0.2, 0.25) is 0 Å². The Balaban J connectivity index is 2.18. The van der Waals surface area contributed by atoms with E-state index in [-0.39, 0.29) is 11.6 Å². The van der Waals surface area contributed by atoms with E-state index in [1.54, 1.807) is 16.7 Å². The summed E-state index contributed by atoms with van der Waals surface area (Å²) in [6.45, 7) is 4.14. The second-order valence-corrected chi connectivity index (χ2v) is 5.67. The van der Waals surface area contributed by atoms with Crippen LogP contribution in [-0.2, 0) is 0 Å². The molecule has 0 unspecified atom stereocenters. The van der Waals surface area contributed by atoms with E-state index in [1.165, 1.54) is 11.1 Å². The smallest absolute Gasteiger partial charge is 0.251 e. The molecular weight excluding hydrogens is 270 g/mol. The molecule has 0 radical (unpaired) electrons. The molecule has 0 aliphatic carbocycles. The van der Waals surface area contributed by atoms with Crippen LogP contribution in [0, 0.1) is 13.8 Å². The van der Waals surface area contributed by atoms with Crippen LogP contribution in [0.4, 0.5) is 0 Å². The van der Waals surface area contributed by atoms with E-state index >= 15 is 0 Å². The first-order chi connectivity index (χ1) is 10.6. The third kappa shape index (κ3) is 2.86. The van der Waals surface area contributed by atoms with Gasteiger partial charge < -0.3 is 4.57 Å². The molecule has 0 saturated heterocycles. The molecule has 0 bridgehead atoms. The van der Waals surface area contributed by atoms with Gasteiger partial charge in [0.2, 0.25) is 0 Å². The normalized spacial score (nSPS) is 10.9. The Labute approximate surface area is 130 Å². The standard InChI is InChI=1S/C20H19NO/c1-15-6-10-17(11-7-15)20(18-12-8-16(2)9-13-18)21-14-4-3-5-19(21)22/h3-14,20H,1-2H3. The molecule has 0 aliphatic heterocycles. The molecule has 22 heavy (non-hydrogen) atoms. The number of hydrogen-bond acceptors (Lipinski definition) is 1. The van der Waals surface area contributed by atoms with E-state index in [1.807, 2.05) is 12.3 Å². The molecule has 2 aromatic carbocycles. The molecule has 0 saturated carbocycles. The van der Waals surface area contributed by atoms with Crippen LogP contribution in [0.1, 0.15) is 28.3 Å². The zero-order chi connectivity index (χ0) is 15.5. The van der Waals surface area contributed by atoms with E-state index in [9.17, 15) is 4.79 Å². The van der Waals surface area contributed by atoms with Crippen molar-refractivity contribution in [2.75, 3.05) is 0 Å². The maximum atomic E-state index is 12.3. The summed E-state index contributed by atoms with van der Waals surface area (Å²) in [6.07, 6.45) is 1.85. The molecule has 2 heteroatoms. The SMILES string of the molecule is Cc1ccc(C(c2ccc(C)cc2)n2ccccc2=O)cc1. The number of aromatic nitrogens is 1. The highest BCUT2D eigenvalue weighted by Crippen LogP contribution is 2.26. The molecule has 0 N–H and O–H groups in total. The van der Waals surface area contributed by atoms with Gasteiger partial charge in [0.1, 0.15) is 0 Å². The summed E-state index contributed by atoms with van der Waals surface area (Å²) >= 11 is 0. The monoisotopic (exact) mass is 289 g/mol. The van der Waals surface area contributed by atoms with Gasteiger partial charge in [0.05, 0.1) is 6.04 Å². The predicted molar refractivity (Wildman–Crippen MR) is 90.3 cm³/mol. The molecule has 1 heterocycles. The van der Waals surface area contributed by atoms with Crippen molar-refractivity contribution in [3.05, 3.63) is 106 Å². The average molecular weight is 289 g/mol. The lowest BCUT2D eigenvalue weighted by Crippen LogP contribution is -2.24. The summed E-state index contributed by atoms with van der Waals surface area (Å²) in [5, 5.41) is 0. The third-order valence-electron chi connectivity index (χ3n) is 3.92. The summed E-state index contributed by atoms with van der Waals surface area (Å²) < 4.78 is 1.79. The van der Waals surface area contributed by atoms with Gasteiger partial charge in [0.15, 0.2) is 0 Å². The topological polar surface area (TPSA) is 22.0 Å². The van der Waals surface area contributed by atoms with Gasteiger partial charge in [0, 0.05) is 12.3 Å². The highest BCUT2D eigenvalue weighted by Gasteiger charge is 2.16. The van der Waals surface area contributed by atoms with E-state index < -0.39 is 0 Å². The Hall–Kier alpha value is -2.61. The van der Waals surface area contributed by atoms with Crippen molar-refractivity contribution in [3.63, 3.8) is 0 Å². The summed E-state index contributed by atoms with van der Waals surface area (Å²) in [5.74, 6) is 0. The maximum absolute atomic E-state index is 12.3. The van der Waals surface area contributed by atoms with Crippen LogP contribution >= 0.6 is 0 Å². The molecule has 0 amide bonds. The summed E-state index contributed by atoms with van der Waals surface area (Å²) in [6, 6.07) is 21.9. The predicted octanol–water partition coefficient (Wildman–Crippen LogP) is 4.10. The minimum Gasteiger partial charge on any atom is -0.304 e. The Morgan fingerprint density at radius 1 is 0.727 bits per heavy atom. The number of aryl methyl sites for hydroxylation is 2. The van der Waals surface area contributed by atoms with E-state index in [0.29, 0.717) is 0 Å². The Kier molecular flexibility index (Phi) is 3.92. The van der Waals surface area contributed by atoms with Gasteiger partial charge in [-0.1, -0.05) is 65.7 Å². The van der Waals surface area contributed by atoms with Crippen molar-refractivity contribution in [1.82, 2.24) is 4.57 Å². The van der Waals surface area contributed by atoms with Crippen LogP contribution < -0.4 is 5.56 Å². The largest absolute Gasteiger partial charge is 0.304 e. The molecule has 3 aromatic rings. The van der Waals surface area contributed by atoms with E-state index in [0.717, 1.165) is 11.1 Å². The number of pyridine rings is 1. The quantitative estimate of drug-likeness (QED) is 0.711. The minimum absolute atomic E-state index is 0.00801. The molecule has 1 aromatic heterocycles. The first-order valence-electron chi connectivity index (χ1n) is 7.45. The van der Waals surface area contributed by atoms with Gasteiger partial charge in [-0.05, 0) is 31.0 Å². The maximum Gasteiger partial charge on any atom is 0.251 e. The molecule has 110 valence electrons. The van der Waals surface area contributed by atoms with Crippen molar-refractivity contribution in [1.29, 1.82) is 0 Å². The van der Waals surface area contributed by atoms with Crippen molar-refractivity contribution in [2.45, 2.75) is 19.9 Å². The van der Waals surface area contributed by atoms with Crippen LogP contribution in [0.15, 0.2) is 77.7 Å². The first kappa shape index (κ1) is 14.3. The lowest BCUT2D eigenvalue weighted by Gasteiger charge is -2.21. The number of hydrogen-bond donors (Lipinski definition) is 0. The van der Waals surface area contributed by atoms with Gasteiger partial charge in [0.25, 0.3) is 5.56 Å². The number of rotatable bonds is 3. The van der Waals surface area contributed by atoms with Crippen molar-refractivity contribution in [2.24, 2.45) is 0 Å². The fraction of sp³-hybridized carbons (Fsp3) is 0.150. The third-order valence-corrected chi connectivity index (χ3v) is 3.92. The Morgan fingerprint density at radius 3 is 1.68 bits per heavy atom. The number of benzene rings is 2. The average Bonchev–Trinajstić information content (AvgIpc) is 2.53. The van der Waals surface area contributed by atoms with Crippen LogP contribution in [-0.4, -0.2) is 4.57 Å². The molecule has 0 fully saturated rings. The Morgan fingerprint density at radius 2 is 1.23 bits per heavy atom. The lowest BCUT2D eigenvalue weighted by molar-refractivity contribution is 0.650. The summed E-state index contributed by atoms with van der Waals surface area (Å²) in [7, 11) is 0. The van der Waals surface area contributed by atoms with Gasteiger partial charge in [-0.25, -0.2) is 0 Å². The zero-order valence-electron chi connectivity index (χ0n) is 12.9. The van der Waals surface area contributed by atoms with Gasteiger partial charge in [-0.15, -0.1) is 0 Å². The fourth-order valence-corrected chi connectivity index (χ4v) is 2.66. The van der Waals surface area contributed by atoms with E-state index in [4.69, 9.17) is 0 Å². The first-order valence-corrected chi connectivity index (χ1v) is 7.45. The molecule has 3 rings (SSSR count). The van der Waals surface area contributed by atoms with Crippen molar-refractivity contribution < 1.29 is 0 Å². The fourth-order valence-electron chi connectivity index (χ4n) is 2.66. The number of nitrogens with zero attached hydrogens (tertiary/aromatic N) is 1. The van der Waals surface area contributed by atoms with Gasteiger partial charge in [-0.3, -0.25) is 4.79 Å². The van der Waals surface area contributed by atoms with Gasteiger partial charge in [-0.2, -0.15) is 0 Å². The second kappa shape index (κ2) is 6.02. The Bertz CT molecular complexity index is 768. The molecule has 0 spiro atoms. The highest BCUT2D eigenvalue weighted by molar-refractivity contribution is 5.35. The highest BCUT2D eigenvalue weighted by atomic mass is 16.1.